The molecule has 1 atom stereocenters. The molecule has 0 fully saturated rings. The first-order valence-electron chi connectivity index (χ1n) is 8.67. The van der Waals surface area contributed by atoms with Crippen LogP contribution in [0.15, 0.2) is 24.3 Å². The number of aryl methyl sites for hydroxylation is 1. The third kappa shape index (κ3) is 5.34. The Kier molecular flexibility index (Phi) is 7.42. The van der Waals surface area contributed by atoms with Crippen LogP contribution in [0.1, 0.15) is 56.5 Å². The van der Waals surface area contributed by atoms with E-state index in [1.165, 1.54) is 0 Å². The molecule has 4 N–H and O–H groups in total. The standard InChI is InChI=1S/C19H31N3O2/c1-6-19(20,7-2)12-21-18(24)16(13(3)4)22-17(23)15-11-9-8-10-14(15)5/h8-11,13,16H,6-7,12,20H2,1-5H3,(H,21,24)(H,22,23). The van der Waals surface area contributed by atoms with E-state index in [0.29, 0.717) is 12.1 Å². The lowest BCUT2D eigenvalue weighted by Gasteiger charge is -2.29. The molecule has 0 bridgehead atoms. The van der Waals surface area contributed by atoms with Gasteiger partial charge < -0.3 is 16.4 Å². The number of benzene rings is 1. The zero-order chi connectivity index (χ0) is 18.3. The molecule has 5 heteroatoms. The summed E-state index contributed by atoms with van der Waals surface area (Å²) >= 11 is 0. The lowest BCUT2D eigenvalue weighted by molar-refractivity contribution is -0.124. The molecule has 1 aromatic carbocycles. The molecule has 0 aliphatic rings. The third-order valence-corrected chi connectivity index (χ3v) is 4.65. The molecule has 0 aromatic heterocycles. The second kappa shape index (κ2) is 8.83. The summed E-state index contributed by atoms with van der Waals surface area (Å²) in [5, 5.41) is 5.75. The van der Waals surface area contributed by atoms with Gasteiger partial charge in [-0.15, -0.1) is 0 Å². The van der Waals surface area contributed by atoms with Crippen LogP contribution in [0.25, 0.3) is 0 Å². The maximum absolute atomic E-state index is 12.5. The lowest BCUT2D eigenvalue weighted by atomic mass is 9.94. The second-order valence-corrected chi connectivity index (χ2v) is 6.80. The van der Waals surface area contributed by atoms with Crippen molar-refractivity contribution in [1.82, 2.24) is 10.6 Å². The van der Waals surface area contributed by atoms with E-state index < -0.39 is 11.6 Å². The molecule has 0 saturated carbocycles. The van der Waals surface area contributed by atoms with Crippen molar-refractivity contribution in [2.24, 2.45) is 11.7 Å². The van der Waals surface area contributed by atoms with Gasteiger partial charge in [-0.05, 0) is 37.3 Å². The van der Waals surface area contributed by atoms with Crippen molar-refractivity contribution in [2.75, 3.05) is 6.54 Å². The zero-order valence-corrected chi connectivity index (χ0v) is 15.5. The highest BCUT2D eigenvalue weighted by atomic mass is 16.2. The van der Waals surface area contributed by atoms with Crippen LogP contribution in [0.2, 0.25) is 0 Å². The first kappa shape index (κ1) is 20.2. The predicted octanol–water partition coefficient (Wildman–Crippen LogP) is 2.38. The molecule has 1 rings (SSSR count). The summed E-state index contributed by atoms with van der Waals surface area (Å²) < 4.78 is 0. The Morgan fingerprint density at radius 3 is 2.25 bits per heavy atom. The number of carbonyl (C=O) groups excluding carboxylic acids is 2. The Hall–Kier alpha value is -1.88. The van der Waals surface area contributed by atoms with Gasteiger partial charge in [-0.3, -0.25) is 9.59 Å². The quantitative estimate of drug-likeness (QED) is 0.683. The van der Waals surface area contributed by atoms with Gasteiger partial charge >= 0.3 is 0 Å². The minimum Gasteiger partial charge on any atom is -0.352 e. The molecule has 134 valence electrons. The van der Waals surface area contributed by atoms with Gasteiger partial charge in [0.2, 0.25) is 5.91 Å². The average Bonchev–Trinajstić information content (AvgIpc) is 2.57. The maximum atomic E-state index is 12.5. The smallest absolute Gasteiger partial charge is 0.252 e. The zero-order valence-electron chi connectivity index (χ0n) is 15.5. The fraction of sp³-hybridized carbons (Fsp3) is 0.579. The Labute approximate surface area is 145 Å². The highest BCUT2D eigenvalue weighted by Gasteiger charge is 2.27. The Balaban J connectivity index is 2.78. The largest absolute Gasteiger partial charge is 0.352 e. The average molecular weight is 333 g/mol. The van der Waals surface area contributed by atoms with Crippen LogP contribution in [0, 0.1) is 12.8 Å². The summed E-state index contributed by atoms with van der Waals surface area (Å²) in [6, 6.07) is 6.76. The summed E-state index contributed by atoms with van der Waals surface area (Å²) in [5.74, 6) is -0.441. The molecule has 0 aliphatic carbocycles. The van der Waals surface area contributed by atoms with Crippen molar-refractivity contribution in [1.29, 1.82) is 0 Å². The predicted molar refractivity (Wildman–Crippen MR) is 97.8 cm³/mol. The monoisotopic (exact) mass is 333 g/mol. The molecule has 5 nitrogen and oxygen atoms in total. The molecule has 0 spiro atoms. The van der Waals surface area contributed by atoms with Gasteiger partial charge in [0.05, 0.1) is 0 Å². The fourth-order valence-corrected chi connectivity index (χ4v) is 2.45. The highest BCUT2D eigenvalue weighted by Crippen LogP contribution is 2.11. The van der Waals surface area contributed by atoms with Crippen LogP contribution in [0.4, 0.5) is 0 Å². The number of carbonyl (C=O) groups is 2. The van der Waals surface area contributed by atoms with E-state index in [1.807, 2.05) is 52.8 Å². The van der Waals surface area contributed by atoms with Crippen LogP contribution >= 0.6 is 0 Å². The van der Waals surface area contributed by atoms with Gasteiger partial charge in [0, 0.05) is 17.6 Å². The number of amides is 2. The van der Waals surface area contributed by atoms with Crippen LogP contribution in [-0.2, 0) is 4.79 Å². The third-order valence-electron chi connectivity index (χ3n) is 4.65. The normalized spacial score (nSPS) is 12.8. The lowest BCUT2D eigenvalue weighted by Crippen LogP contribution is -2.55. The molecular formula is C19H31N3O2. The Morgan fingerprint density at radius 2 is 1.75 bits per heavy atom. The van der Waals surface area contributed by atoms with Gasteiger partial charge in [-0.2, -0.15) is 0 Å². The van der Waals surface area contributed by atoms with Crippen molar-refractivity contribution < 1.29 is 9.59 Å². The number of rotatable bonds is 8. The van der Waals surface area contributed by atoms with Crippen LogP contribution in [0.5, 0.6) is 0 Å². The van der Waals surface area contributed by atoms with Crippen LogP contribution in [-0.4, -0.2) is 29.9 Å². The summed E-state index contributed by atoms with van der Waals surface area (Å²) in [5.41, 5.74) is 7.30. The van der Waals surface area contributed by atoms with Crippen LogP contribution < -0.4 is 16.4 Å². The second-order valence-electron chi connectivity index (χ2n) is 6.80. The number of nitrogens with two attached hydrogens (primary N) is 1. The first-order valence-corrected chi connectivity index (χ1v) is 8.67. The van der Waals surface area contributed by atoms with Gasteiger partial charge in [-0.1, -0.05) is 45.9 Å². The van der Waals surface area contributed by atoms with Gasteiger partial charge in [0.25, 0.3) is 5.91 Å². The van der Waals surface area contributed by atoms with Crippen molar-refractivity contribution in [3.05, 3.63) is 35.4 Å². The van der Waals surface area contributed by atoms with Crippen molar-refractivity contribution in [3.8, 4) is 0 Å². The van der Waals surface area contributed by atoms with Gasteiger partial charge in [0.15, 0.2) is 0 Å². The summed E-state index contributed by atoms with van der Waals surface area (Å²) in [7, 11) is 0. The van der Waals surface area contributed by atoms with Gasteiger partial charge in [-0.25, -0.2) is 0 Å². The minimum atomic E-state index is -0.588. The Bertz CT molecular complexity index is 565. The number of hydrogen-bond acceptors (Lipinski definition) is 3. The summed E-state index contributed by atoms with van der Waals surface area (Å²) in [4.78, 5) is 25.0. The fourth-order valence-electron chi connectivity index (χ4n) is 2.45. The number of hydrogen-bond donors (Lipinski definition) is 3. The number of nitrogens with one attached hydrogen (secondary N) is 2. The molecular weight excluding hydrogens is 302 g/mol. The summed E-state index contributed by atoms with van der Waals surface area (Å²) in [6.45, 7) is 10.1. The molecule has 0 heterocycles. The SMILES string of the molecule is CCC(N)(CC)CNC(=O)C(NC(=O)c1ccccc1C)C(C)C. The van der Waals surface area contributed by atoms with E-state index >= 15 is 0 Å². The van der Waals surface area contributed by atoms with E-state index in [9.17, 15) is 9.59 Å². The molecule has 0 saturated heterocycles. The van der Waals surface area contributed by atoms with E-state index in [1.54, 1.807) is 6.07 Å². The topological polar surface area (TPSA) is 84.2 Å². The van der Waals surface area contributed by atoms with Crippen molar-refractivity contribution >= 4 is 11.8 Å². The van der Waals surface area contributed by atoms with E-state index in [4.69, 9.17) is 5.73 Å². The van der Waals surface area contributed by atoms with Crippen molar-refractivity contribution in [2.45, 2.75) is 59.0 Å². The van der Waals surface area contributed by atoms with E-state index in [2.05, 4.69) is 10.6 Å². The molecule has 24 heavy (non-hydrogen) atoms. The van der Waals surface area contributed by atoms with E-state index in [0.717, 1.165) is 18.4 Å². The van der Waals surface area contributed by atoms with E-state index in [-0.39, 0.29) is 17.7 Å². The first-order chi connectivity index (χ1) is 11.2. The van der Waals surface area contributed by atoms with Gasteiger partial charge in [0.1, 0.15) is 6.04 Å². The molecule has 1 unspecified atom stereocenters. The molecule has 0 radical (unpaired) electrons. The van der Waals surface area contributed by atoms with Crippen molar-refractivity contribution in [3.63, 3.8) is 0 Å². The molecule has 1 aromatic rings. The van der Waals surface area contributed by atoms with Crippen LogP contribution in [0.3, 0.4) is 0 Å². The maximum Gasteiger partial charge on any atom is 0.252 e. The molecule has 0 aliphatic heterocycles. The molecule has 2 amide bonds. The summed E-state index contributed by atoms with van der Waals surface area (Å²) in [6.07, 6.45) is 1.57. The Morgan fingerprint density at radius 1 is 1.17 bits per heavy atom. The highest BCUT2D eigenvalue weighted by molar-refractivity contribution is 5.98. The minimum absolute atomic E-state index is 0.0200.